The molecule has 0 amide bonds. The summed E-state index contributed by atoms with van der Waals surface area (Å²) in [7, 11) is -4.29. The summed E-state index contributed by atoms with van der Waals surface area (Å²) in [6.07, 6.45) is -1.23. The molecule has 0 radical (unpaired) electrons. The largest absolute Gasteiger partial charge is 0.504 e. The lowest BCUT2D eigenvalue weighted by Gasteiger charge is -2.27. The van der Waals surface area contributed by atoms with Crippen LogP contribution in [-0.2, 0) is 9.84 Å². The number of hydrogen-bond donors (Lipinski definition) is 1. The van der Waals surface area contributed by atoms with Crippen molar-refractivity contribution >= 4 is 20.5 Å². The number of aliphatic hydroxyl groups is 1. The van der Waals surface area contributed by atoms with E-state index < -0.39 is 33.7 Å². The van der Waals surface area contributed by atoms with Crippen LogP contribution in [0.2, 0.25) is 0 Å². The van der Waals surface area contributed by atoms with Gasteiger partial charge in [0.1, 0.15) is 15.8 Å². The van der Waals surface area contributed by atoms with Crippen molar-refractivity contribution in [3.05, 3.63) is 58.2 Å². The number of sulfone groups is 1. The molecule has 138 valence electrons. The molecule has 1 aromatic carbocycles. The summed E-state index contributed by atoms with van der Waals surface area (Å²) in [4.78, 5) is 7.56. The van der Waals surface area contributed by atoms with Gasteiger partial charge in [-0.25, -0.2) is 22.2 Å². The minimum atomic E-state index is -4.29. The maximum absolute atomic E-state index is 13.2. The van der Waals surface area contributed by atoms with Crippen molar-refractivity contribution in [1.29, 1.82) is 0 Å². The van der Waals surface area contributed by atoms with Crippen molar-refractivity contribution in [3.8, 4) is 0 Å². The third-order valence-electron chi connectivity index (χ3n) is 4.43. The normalized spacial score (nSPS) is 18.9. The average molecular weight is 380 g/mol. The van der Waals surface area contributed by atoms with E-state index in [4.69, 9.17) is 0 Å². The molecular formula is C18H18F2N2O3S. The second-order valence-corrected chi connectivity index (χ2v) is 8.47. The molecule has 0 saturated heterocycles. The lowest BCUT2D eigenvalue weighted by atomic mass is 9.98. The predicted octanol–water partition coefficient (Wildman–Crippen LogP) is 3.91. The lowest BCUT2D eigenvalue weighted by molar-refractivity contribution is 0.135. The first-order valence-electron chi connectivity index (χ1n) is 7.99. The average Bonchev–Trinajstić information content (AvgIpc) is 2.53. The van der Waals surface area contributed by atoms with Gasteiger partial charge in [-0.05, 0) is 31.9 Å². The number of benzene rings is 1. The number of fused-ring (bicyclic) bond motifs is 1. The van der Waals surface area contributed by atoms with Gasteiger partial charge in [0.2, 0.25) is 6.43 Å². The second-order valence-electron chi connectivity index (χ2n) is 6.40. The minimum absolute atomic E-state index is 0.0673. The molecular weight excluding hydrogens is 362 g/mol. The SMILES string of the molecule is Cc1cc(C)c(C2=C(O)c3nccnc3C(CC(F)F)S2(=O)=O)c(C)c1. The van der Waals surface area contributed by atoms with Crippen LogP contribution in [0.1, 0.15) is 45.3 Å². The molecule has 2 heterocycles. The Labute approximate surface area is 150 Å². The zero-order valence-electron chi connectivity index (χ0n) is 14.5. The fourth-order valence-electron chi connectivity index (χ4n) is 3.50. The van der Waals surface area contributed by atoms with Crippen molar-refractivity contribution in [2.75, 3.05) is 0 Å². The van der Waals surface area contributed by atoms with E-state index in [1.807, 2.05) is 6.92 Å². The summed E-state index contributed by atoms with van der Waals surface area (Å²) < 4.78 is 52.6. The van der Waals surface area contributed by atoms with Crippen LogP contribution in [0.4, 0.5) is 8.78 Å². The molecule has 1 aliphatic rings. The van der Waals surface area contributed by atoms with Crippen LogP contribution in [0.25, 0.3) is 10.7 Å². The zero-order valence-corrected chi connectivity index (χ0v) is 15.3. The van der Waals surface area contributed by atoms with Gasteiger partial charge < -0.3 is 5.11 Å². The number of aliphatic hydroxyl groups excluding tert-OH is 1. The molecule has 0 bridgehead atoms. The summed E-state index contributed by atoms with van der Waals surface area (Å²) in [5, 5.41) is 9.13. The Morgan fingerprint density at radius 2 is 1.69 bits per heavy atom. The summed E-state index contributed by atoms with van der Waals surface area (Å²) in [5.74, 6) is -0.548. The van der Waals surface area contributed by atoms with Gasteiger partial charge >= 0.3 is 0 Å². The number of hydrogen-bond acceptors (Lipinski definition) is 5. The van der Waals surface area contributed by atoms with Crippen molar-refractivity contribution in [1.82, 2.24) is 9.97 Å². The standard InChI is InChI=1S/C18H18F2N2O3S/c1-9-6-10(2)14(11(3)7-9)18-17(23)16-15(21-4-5-22-16)12(8-13(19)20)26(18,24)25/h4-7,12-13,23H,8H2,1-3H3. The molecule has 1 atom stereocenters. The Kier molecular flexibility index (Phi) is 4.56. The van der Waals surface area contributed by atoms with Crippen molar-refractivity contribution in [3.63, 3.8) is 0 Å². The molecule has 26 heavy (non-hydrogen) atoms. The van der Waals surface area contributed by atoms with E-state index in [9.17, 15) is 22.3 Å². The Morgan fingerprint density at radius 1 is 1.12 bits per heavy atom. The van der Waals surface area contributed by atoms with E-state index in [0.717, 1.165) is 5.56 Å². The Balaban J connectivity index is 2.38. The fourth-order valence-corrected chi connectivity index (χ4v) is 5.62. The minimum Gasteiger partial charge on any atom is -0.504 e. The monoisotopic (exact) mass is 380 g/mol. The highest BCUT2D eigenvalue weighted by molar-refractivity contribution is 8.01. The number of aromatic nitrogens is 2. The molecule has 5 nitrogen and oxygen atoms in total. The first-order chi connectivity index (χ1) is 12.1. The molecule has 1 aliphatic heterocycles. The first kappa shape index (κ1) is 18.4. The van der Waals surface area contributed by atoms with Crippen molar-refractivity contribution in [2.45, 2.75) is 38.9 Å². The highest BCUT2D eigenvalue weighted by atomic mass is 32.2. The maximum atomic E-state index is 13.2. The van der Waals surface area contributed by atoms with Crippen LogP contribution >= 0.6 is 0 Å². The lowest BCUT2D eigenvalue weighted by Crippen LogP contribution is -2.26. The Morgan fingerprint density at radius 3 is 2.27 bits per heavy atom. The molecule has 3 rings (SSSR count). The Bertz CT molecular complexity index is 994. The van der Waals surface area contributed by atoms with E-state index >= 15 is 0 Å². The van der Waals surface area contributed by atoms with E-state index in [1.165, 1.54) is 12.4 Å². The highest BCUT2D eigenvalue weighted by Crippen LogP contribution is 2.46. The van der Waals surface area contributed by atoms with Gasteiger partial charge in [-0.3, -0.25) is 4.98 Å². The Hall–Kier alpha value is -2.35. The summed E-state index contributed by atoms with van der Waals surface area (Å²) in [5.41, 5.74) is 2.32. The van der Waals surface area contributed by atoms with Crippen LogP contribution in [0, 0.1) is 20.8 Å². The first-order valence-corrected chi connectivity index (χ1v) is 9.54. The van der Waals surface area contributed by atoms with E-state index in [-0.39, 0.29) is 16.3 Å². The maximum Gasteiger partial charge on any atom is 0.240 e. The van der Waals surface area contributed by atoms with Crippen LogP contribution in [0.5, 0.6) is 0 Å². The molecule has 1 N–H and O–H groups in total. The number of alkyl halides is 2. The summed E-state index contributed by atoms with van der Waals surface area (Å²) in [6.45, 7) is 5.31. The van der Waals surface area contributed by atoms with Crippen molar-refractivity contribution in [2.24, 2.45) is 0 Å². The molecule has 0 aliphatic carbocycles. The molecule has 1 aromatic heterocycles. The number of halogens is 2. The van der Waals surface area contributed by atoms with Crippen molar-refractivity contribution < 1.29 is 22.3 Å². The van der Waals surface area contributed by atoms with Gasteiger partial charge in [0, 0.05) is 24.4 Å². The van der Waals surface area contributed by atoms with Gasteiger partial charge in [-0.1, -0.05) is 17.7 Å². The van der Waals surface area contributed by atoms with E-state index in [1.54, 1.807) is 26.0 Å². The van der Waals surface area contributed by atoms with Gasteiger partial charge in [0.25, 0.3) is 0 Å². The predicted molar refractivity (Wildman–Crippen MR) is 94.4 cm³/mol. The fraction of sp³-hybridized carbons (Fsp3) is 0.333. The molecule has 1 unspecified atom stereocenters. The molecule has 0 saturated carbocycles. The van der Waals surface area contributed by atoms with E-state index in [2.05, 4.69) is 9.97 Å². The molecule has 0 fully saturated rings. The molecule has 0 spiro atoms. The quantitative estimate of drug-likeness (QED) is 0.873. The van der Waals surface area contributed by atoms with Gasteiger partial charge in [0.05, 0.1) is 5.69 Å². The van der Waals surface area contributed by atoms with Gasteiger partial charge in [-0.15, -0.1) is 0 Å². The number of rotatable bonds is 3. The zero-order chi connectivity index (χ0) is 19.2. The molecule has 2 aromatic rings. The summed E-state index contributed by atoms with van der Waals surface area (Å²) in [6, 6.07) is 3.57. The number of aryl methyl sites for hydroxylation is 3. The van der Waals surface area contributed by atoms with Crippen LogP contribution in [0.3, 0.4) is 0 Å². The molecule has 8 heteroatoms. The third kappa shape index (κ3) is 2.88. The van der Waals surface area contributed by atoms with Crippen LogP contribution < -0.4 is 0 Å². The summed E-state index contributed by atoms with van der Waals surface area (Å²) >= 11 is 0. The van der Waals surface area contributed by atoms with Gasteiger partial charge in [-0.2, -0.15) is 0 Å². The van der Waals surface area contributed by atoms with Crippen LogP contribution in [-0.4, -0.2) is 29.9 Å². The third-order valence-corrected chi connectivity index (χ3v) is 6.56. The van der Waals surface area contributed by atoms with Crippen LogP contribution in [0.15, 0.2) is 24.5 Å². The smallest absolute Gasteiger partial charge is 0.240 e. The van der Waals surface area contributed by atoms with Gasteiger partial charge in [0.15, 0.2) is 15.6 Å². The topological polar surface area (TPSA) is 80.2 Å². The second kappa shape index (κ2) is 6.42. The van der Waals surface area contributed by atoms with E-state index in [0.29, 0.717) is 16.7 Å². The number of nitrogens with zero attached hydrogens (tertiary/aromatic N) is 2. The highest BCUT2D eigenvalue weighted by Gasteiger charge is 2.44.